The van der Waals surface area contributed by atoms with Gasteiger partial charge in [0.1, 0.15) is 5.69 Å². The van der Waals surface area contributed by atoms with E-state index in [0.717, 1.165) is 0 Å². The summed E-state index contributed by atoms with van der Waals surface area (Å²) in [7, 11) is 0. The monoisotopic (exact) mass is 314 g/mol. The number of rotatable bonds is 5. The van der Waals surface area contributed by atoms with Crippen LogP contribution in [0.15, 0.2) is 42.6 Å². The fourth-order valence-electron chi connectivity index (χ4n) is 1.94. The molecule has 0 saturated heterocycles. The zero-order valence-corrected chi connectivity index (χ0v) is 12.2. The second-order valence-electron chi connectivity index (χ2n) is 4.84. The number of carbonyl (C=O) groups is 2. The first-order valence-corrected chi connectivity index (χ1v) is 6.69. The number of carbonyl (C=O) groups excluding carboxylic acids is 2. The number of aromatic nitrogens is 1. The summed E-state index contributed by atoms with van der Waals surface area (Å²) in [5.74, 6) is -1.09. The Balaban J connectivity index is 2.11. The van der Waals surface area contributed by atoms with Gasteiger partial charge in [-0.2, -0.15) is 0 Å². The van der Waals surface area contributed by atoms with E-state index < -0.39 is 22.8 Å². The molecule has 23 heavy (non-hydrogen) atoms. The van der Waals surface area contributed by atoms with E-state index in [0.29, 0.717) is 5.56 Å². The second-order valence-corrected chi connectivity index (χ2v) is 4.84. The van der Waals surface area contributed by atoms with Crippen molar-refractivity contribution < 1.29 is 14.5 Å². The van der Waals surface area contributed by atoms with E-state index >= 15 is 0 Å². The molecule has 0 radical (unpaired) electrons. The van der Waals surface area contributed by atoms with Gasteiger partial charge in [-0.05, 0) is 24.6 Å². The van der Waals surface area contributed by atoms with Crippen LogP contribution < -0.4 is 11.1 Å². The minimum absolute atomic E-state index is 0.0453. The van der Waals surface area contributed by atoms with Crippen molar-refractivity contribution in [1.29, 1.82) is 0 Å². The Labute approximate surface area is 131 Å². The molecule has 0 spiro atoms. The molecule has 1 aromatic heterocycles. The highest BCUT2D eigenvalue weighted by molar-refractivity contribution is 5.95. The van der Waals surface area contributed by atoms with Crippen LogP contribution in [-0.2, 0) is 0 Å². The smallest absolute Gasteiger partial charge is 0.269 e. The van der Waals surface area contributed by atoms with Crippen molar-refractivity contribution in [2.75, 3.05) is 0 Å². The molecular formula is C15H14N4O4. The zero-order chi connectivity index (χ0) is 17.0. The summed E-state index contributed by atoms with van der Waals surface area (Å²) in [4.78, 5) is 37.1. The van der Waals surface area contributed by atoms with E-state index in [4.69, 9.17) is 5.73 Å². The van der Waals surface area contributed by atoms with Gasteiger partial charge < -0.3 is 11.1 Å². The number of hydrogen-bond donors (Lipinski definition) is 2. The normalized spacial score (nSPS) is 11.5. The summed E-state index contributed by atoms with van der Waals surface area (Å²) in [5, 5.41) is 13.5. The number of nitrogens with two attached hydrogens (primary N) is 1. The van der Waals surface area contributed by atoms with Crippen molar-refractivity contribution in [2.24, 2.45) is 5.73 Å². The summed E-state index contributed by atoms with van der Waals surface area (Å²) in [5.41, 5.74) is 5.96. The van der Waals surface area contributed by atoms with Crippen LogP contribution in [0.4, 0.5) is 5.69 Å². The minimum atomic E-state index is -0.679. The molecule has 2 aromatic rings. The van der Waals surface area contributed by atoms with Crippen molar-refractivity contribution in [3.8, 4) is 0 Å². The fraction of sp³-hybridized carbons (Fsp3) is 0.133. The molecule has 2 rings (SSSR count). The van der Waals surface area contributed by atoms with E-state index in [-0.39, 0.29) is 16.9 Å². The lowest BCUT2D eigenvalue weighted by Crippen LogP contribution is -2.27. The summed E-state index contributed by atoms with van der Waals surface area (Å²) < 4.78 is 0. The number of nitrogens with one attached hydrogen (secondary N) is 1. The van der Waals surface area contributed by atoms with Crippen LogP contribution in [0.2, 0.25) is 0 Å². The summed E-state index contributed by atoms with van der Waals surface area (Å²) in [6.07, 6.45) is 1.25. The lowest BCUT2D eigenvalue weighted by atomic mass is 10.1. The molecule has 1 atom stereocenters. The van der Waals surface area contributed by atoms with Gasteiger partial charge in [-0.25, -0.2) is 0 Å². The Kier molecular flexibility index (Phi) is 4.65. The van der Waals surface area contributed by atoms with Crippen LogP contribution >= 0.6 is 0 Å². The van der Waals surface area contributed by atoms with Gasteiger partial charge >= 0.3 is 0 Å². The number of hydrogen-bond acceptors (Lipinski definition) is 5. The summed E-state index contributed by atoms with van der Waals surface area (Å²) in [6.45, 7) is 1.71. The van der Waals surface area contributed by atoms with Gasteiger partial charge in [0.25, 0.3) is 17.5 Å². The molecule has 0 saturated carbocycles. The number of non-ortho nitro benzene ring substituents is 1. The molecule has 1 aromatic carbocycles. The highest BCUT2D eigenvalue weighted by atomic mass is 16.6. The predicted octanol–water partition coefficient (Wildman–Crippen LogP) is 1.58. The number of benzene rings is 1. The van der Waals surface area contributed by atoms with Crippen LogP contribution in [0.25, 0.3) is 0 Å². The number of pyridine rings is 1. The maximum atomic E-state index is 12.1. The standard InChI is InChI=1S/C15H14N4O4/c1-9(10-3-2-4-12(7-10)19(22)23)18-15(21)11-5-6-13(14(16)20)17-8-11/h2-9H,1H3,(H2,16,20)(H,18,21)/t9-/m1/s1. The van der Waals surface area contributed by atoms with Gasteiger partial charge in [0.2, 0.25) is 0 Å². The lowest BCUT2D eigenvalue weighted by Gasteiger charge is -2.14. The molecular weight excluding hydrogens is 300 g/mol. The van der Waals surface area contributed by atoms with Gasteiger partial charge in [0, 0.05) is 18.3 Å². The first-order valence-electron chi connectivity index (χ1n) is 6.69. The topological polar surface area (TPSA) is 128 Å². The molecule has 1 heterocycles. The highest BCUT2D eigenvalue weighted by Crippen LogP contribution is 2.19. The predicted molar refractivity (Wildman–Crippen MR) is 81.7 cm³/mol. The van der Waals surface area contributed by atoms with Crippen molar-refractivity contribution in [1.82, 2.24) is 10.3 Å². The van der Waals surface area contributed by atoms with E-state index in [2.05, 4.69) is 10.3 Å². The number of nitrogens with zero attached hydrogens (tertiary/aromatic N) is 2. The number of nitro groups is 1. The van der Waals surface area contributed by atoms with Crippen molar-refractivity contribution in [3.63, 3.8) is 0 Å². The third-order valence-electron chi connectivity index (χ3n) is 3.21. The third-order valence-corrected chi connectivity index (χ3v) is 3.21. The summed E-state index contributed by atoms with van der Waals surface area (Å²) >= 11 is 0. The quantitative estimate of drug-likeness (QED) is 0.639. The molecule has 118 valence electrons. The average molecular weight is 314 g/mol. The molecule has 0 fully saturated rings. The Morgan fingerprint density at radius 1 is 1.30 bits per heavy atom. The van der Waals surface area contributed by atoms with Crippen LogP contribution in [0, 0.1) is 10.1 Å². The van der Waals surface area contributed by atoms with E-state index in [1.54, 1.807) is 19.1 Å². The maximum Gasteiger partial charge on any atom is 0.269 e. The first-order chi connectivity index (χ1) is 10.9. The van der Waals surface area contributed by atoms with Crippen LogP contribution in [0.3, 0.4) is 0 Å². The van der Waals surface area contributed by atoms with E-state index in [1.165, 1.54) is 30.5 Å². The van der Waals surface area contributed by atoms with Gasteiger partial charge in [-0.1, -0.05) is 12.1 Å². The molecule has 0 aliphatic heterocycles. The van der Waals surface area contributed by atoms with Crippen molar-refractivity contribution >= 4 is 17.5 Å². The van der Waals surface area contributed by atoms with Crippen LogP contribution in [0.1, 0.15) is 39.4 Å². The van der Waals surface area contributed by atoms with Gasteiger partial charge in [-0.15, -0.1) is 0 Å². The Morgan fingerprint density at radius 2 is 2.04 bits per heavy atom. The Bertz CT molecular complexity index is 758. The molecule has 8 heteroatoms. The summed E-state index contributed by atoms with van der Waals surface area (Å²) in [6, 6.07) is 8.38. The highest BCUT2D eigenvalue weighted by Gasteiger charge is 2.15. The molecule has 3 N–H and O–H groups in total. The van der Waals surface area contributed by atoms with Gasteiger partial charge in [0.05, 0.1) is 16.5 Å². The van der Waals surface area contributed by atoms with Crippen LogP contribution in [-0.4, -0.2) is 21.7 Å². The van der Waals surface area contributed by atoms with Gasteiger partial charge in [0.15, 0.2) is 0 Å². The number of primary amides is 1. The second kappa shape index (κ2) is 6.65. The minimum Gasteiger partial charge on any atom is -0.364 e. The lowest BCUT2D eigenvalue weighted by molar-refractivity contribution is -0.384. The Hall–Kier alpha value is -3.29. The molecule has 8 nitrogen and oxygen atoms in total. The average Bonchev–Trinajstić information content (AvgIpc) is 2.54. The van der Waals surface area contributed by atoms with Gasteiger partial charge in [-0.3, -0.25) is 24.7 Å². The zero-order valence-electron chi connectivity index (χ0n) is 12.2. The molecule has 0 unspecified atom stereocenters. The van der Waals surface area contributed by atoms with E-state index in [9.17, 15) is 19.7 Å². The number of nitro benzene ring substituents is 1. The van der Waals surface area contributed by atoms with Crippen molar-refractivity contribution in [3.05, 3.63) is 69.5 Å². The SMILES string of the molecule is C[C@@H](NC(=O)c1ccc(C(N)=O)nc1)c1cccc([N+](=O)[O-])c1. The molecule has 0 aliphatic carbocycles. The first kappa shape index (κ1) is 16.1. The third kappa shape index (κ3) is 3.88. The molecule has 0 bridgehead atoms. The molecule has 0 aliphatic rings. The van der Waals surface area contributed by atoms with E-state index in [1.807, 2.05) is 0 Å². The largest absolute Gasteiger partial charge is 0.364 e. The molecule has 2 amide bonds. The van der Waals surface area contributed by atoms with Crippen molar-refractivity contribution in [2.45, 2.75) is 13.0 Å². The Morgan fingerprint density at radius 3 is 2.61 bits per heavy atom. The number of amides is 2. The maximum absolute atomic E-state index is 12.1. The fourth-order valence-corrected chi connectivity index (χ4v) is 1.94. The van der Waals surface area contributed by atoms with Crippen LogP contribution in [0.5, 0.6) is 0 Å².